The van der Waals surface area contributed by atoms with Crippen molar-refractivity contribution in [1.82, 2.24) is 10.6 Å². The van der Waals surface area contributed by atoms with E-state index in [-0.39, 0.29) is 5.91 Å². The highest BCUT2D eigenvalue weighted by Crippen LogP contribution is 2.03. The molecular weight excluding hydrogens is 216 g/mol. The van der Waals surface area contributed by atoms with Crippen molar-refractivity contribution in [3.8, 4) is 0 Å². The molecule has 0 saturated carbocycles. The molecule has 0 heterocycles. The molecular formula is C13H26N2O2. The van der Waals surface area contributed by atoms with Crippen LogP contribution in [-0.2, 0) is 9.59 Å². The Kier molecular flexibility index (Phi) is 12.5. The number of rotatable bonds is 12. The van der Waals surface area contributed by atoms with Crippen molar-refractivity contribution < 1.29 is 9.59 Å². The van der Waals surface area contributed by atoms with Crippen LogP contribution in [0.5, 0.6) is 0 Å². The maximum absolute atomic E-state index is 11.3. The van der Waals surface area contributed by atoms with E-state index >= 15 is 0 Å². The number of nitrogens with one attached hydrogen (secondary N) is 2. The summed E-state index contributed by atoms with van der Waals surface area (Å²) in [5.74, 6) is 0.0666. The quantitative estimate of drug-likeness (QED) is 0.404. The van der Waals surface area contributed by atoms with Crippen molar-refractivity contribution in [2.75, 3.05) is 19.6 Å². The Hall–Kier alpha value is -0.900. The molecule has 0 unspecified atom stereocenters. The highest BCUT2D eigenvalue weighted by Gasteiger charge is 1.99. The Morgan fingerprint density at radius 2 is 1.76 bits per heavy atom. The van der Waals surface area contributed by atoms with Crippen LogP contribution in [0.15, 0.2) is 0 Å². The molecule has 0 radical (unpaired) electrons. The van der Waals surface area contributed by atoms with Gasteiger partial charge in [0.05, 0.1) is 6.54 Å². The summed E-state index contributed by atoms with van der Waals surface area (Å²) >= 11 is 0. The van der Waals surface area contributed by atoms with Crippen LogP contribution in [0.25, 0.3) is 0 Å². The predicted molar refractivity (Wildman–Crippen MR) is 69.9 cm³/mol. The van der Waals surface area contributed by atoms with Gasteiger partial charge in [0.15, 0.2) is 0 Å². The van der Waals surface area contributed by atoms with Crippen LogP contribution < -0.4 is 10.6 Å². The van der Waals surface area contributed by atoms with E-state index < -0.39 is 0 Å². The minimum atomic E-state index is 0.0666. The van der Waals surface area contributed by atoms with Gasteiger partial charge in [-0.2, -0.15) is 0 Å². The van der Waals surface area contributed by atoms with E-state index in [1.54, 1.807) is 0 Å². The molecule has 4 heteroatoms. The fourth-order valence-corrected chi connectivity index (χ4v) is 1.58. The maximum Gasteiger partial charge on any atom is 0.221 e. The highest BCUT2D eigenvalue weighted by molar-refractivity contribution is 5.76. The standard InChI is InChI=1S/C13H26N2O2/c1-2-3-4-5-6-7-9-15-13(17)8-10-14-11-12-16/h12,14H,2-11H2,1H3,(H,15,17). The number of unbranched alkanes of at least 4 members (excludes halogenated alkanes) is 5. The van der Waals surface area contributed by atoms with Gasteiger partial charge >= 0.3 is 0 Å². The average Bonchev–Trinajstić information content (AvgIpc) is 2.33. The van der Waals surface area contributed by atoms with E-state index in [1.807, 2.05) is 0 Å². The summed E-state index contributed by atoms with van der Waals surface area (Å²) in [4.78, 5) is 21.3. The van der Waals surface area contributed by atoms with Gasteiger partial charge < -0.3 is 15.4 Å². The van der Waals surface area contributed by atoms with Gasteiger partial charge in [0, 0.05) is 19.5 Å². The average molecular weight is 242 g/mol. The summed E-state index contributed by atoms with van der Waals surface area (Å²) < 4.78 is 0. The summed E-state index contributed by atoms with van der Waals surface area (Å²) in [6.45, 7) is 3.88. The molecule has 0 aliphatic heterocycles. The number of aldehydes is 1. The lowest BCUT2D eigenvalue weighted by Crippen LogP contribution is -2.28. The van der Waals surface area contributed by atoms with Crippen molar-refractivity contribution >= 4 is 12.2 Å². The van der Waals surface area contributed by atoms with Crippen molar-refractivity contribution in [1.29, 1.82) is 0 Å². The van der Waals surface area contributed by atoms with Crippen LogP contribution in [0.2, 0.25) is 0 Å². The van der Waals surface area contributed by atoms with Gasteiger partial charge in [0.2, 0.25) is 5.91 Å². The van der Waals surface area contributed by atoms with Gasteiger partial charge in [-0.3, -0.25) is 4.79 Å². The molecule has 0 aromatic heterocycles. The minimum absolute atomic E-state index is 0.0666. The molecule has 100 valence electrons. The number of carbonyl (C=O) groups excluding carboxylic acids is 2. The number of hydrogen-bond donors (Lipinski definition) is 2. The van der Waals surface area contributed by atoms with Gasteiger partial charge in [-0.05, 0) is 6.42 Å². The summed E-state index contributed by atoms with van der Waals surface area (Å²) in [6.07, 6.45) is 8.67. The third-order valence-corrected chi connectivity index (χ3v) is 2.61. The Morgan fingerprint density at radius 3 is 2.47 bits per heavy atom. The Labute approximate surface area is 105 Å². The van der Waals surface area contributed by atoms with Crippen LogP contribution in [-0.4, -0.2) is 31.8 Å². The van der Waals surface area contributed by atoms with E-state index in [0.717, 1.165) is 19.3 Å². The van der Waals surface area contributed by atoms with Crippen LogP contribution in [0.1, 0.15) is 51.9 Å². The van der Waals surface area contributed by atoms with Crippen LogP contribution in [0.3, 0.4) is 0 Å². The smallest absolute Gasteiger partial charge is 0.221 e. The fraction of sp³-hybridized carbons (Fsp3) is 0.846. The number of hydrogen-bond acceptors (Lipinski definition) is 3. The van der Waals surface area contributed by atoms with E-state index in [9.17, 15) is 9.59 Å². The van der Waals surface area contributed by atoms with Gasteiger partial charge in [0.25, 0.3) is 0 Å². The first-order chi connectivity index (χ1) is 8.31. The zero-order chi connectivity index (χ0) is 12.8. The van der Waals surface area contributed by atoms with Gasteiger partial charge in [0.1, 0.15) is 6.29 Å². The minimum Gasteiger partial charge on any atom is -0.356 e. The fourth-order valence-electron chi connectivity index (χ4n) is 1.58. The summed E-state index contributed by atoms with van der Waals surface area (Å²) in [5, 5.41) is 5.75. The molecule has 17 heavy (non-hydrogen) atoms. The molecule has 0 aliphatic carbocycles. The first kappa shape index (κ1) is 16.1. The first-order valence-corrected chi connectivity index (χ1v) is 6.72. The maximum atomic E-state index is 11.3. The molecule has 1 amide bonds. The van der Waals surface area contributed by atoms with Crippen LogP contribution in [0.4, 0.5) is 0 Å². The second kappa shape index (κ2) is 13.2. The van der Waals surface area contributed by atoms with E-state index in [0.29, 0.717) is 19.5 Å². The molecule has 0 bridgehead atoms. The van der Waals surface area contributed by atoms with Crippen molar-refractivity contribution in [3.63, 3.8) is 0 Å². The van der Waals surface area contributed by atoms with Crippen molar-refractivity contribution in [3.05, 3.63) is 0 Å². The number of amides is 1. The Balaban J connectivity index is 3.13. The number of carbonyl (C=O) groups is 2. The lowest BCUT2D eigenvalue weighted by molar-refractivity contribution is -0.121. The molecule has 4 nitrogen and oxygen atoms in total. The van der Waals surface area contributed by atoms with Crippen molar-refractivity contribution in [2.24, 2.45) is 0 Å². The van der Waals surface area contributed by atoms with Gasteiger partial charge in [-0.1, -0.05) is 39.0 Å². The first-order valence-electron chi connectivity index (χ1n) is 6.72. The SMILES string of the molecule is CCCCCCCCNC(=O)CCNCC=O. The predicted octanol–water partition coefficient (Wildman–Crippen LogP) is 1.64. The molecule has 0 aliphatic rings. The second-order valence-electron chi connectivity index (χ2n) is 4.24. The lowest BCUT2D eigenvalue weighted by atomic mass is 10.1. The molecule has 0 spiro atoms. The molecule has 0 saturated heterocycles. The monoisotopic (exact) mass is 242 g/mol. The molecule has 2 N–H and O–H groups in total. The van der Waals surface area contributed by atoms with E-state index in [2.05, 4.69) is 17.6 Å². The van der Waals surface area contributed by atoms with Gasteiger partial charge in [-0.25, -0.2) is 0 Å². The topological polar surface area (TPSA) is 58.2 Å². The molecule has 0 atom stereocenters. The van der Waals surface area contributed by atoms with Crippen LogP contribution in [0, 0.1) is 0 Å². The molecule has 0 aromatic rings. The normalized spacial score (nSPS) is 10.2. The van der Waals surface area contributed by atoms with Gasteiger partial charge in [-0.15, -0.1) is 0 Å². The summed E-state index contributed by atoms with van der Waals surface area (Å²) in [5.41, 5.74) is 0. The zero-order valence-electron chi connectivity index (χ0n) is 11.0. The van der Waals surface area contributed by atoms with E-state index in [1.165, 1.54) is 32.1 Å². The highest BCUT2D eigenvalue weighted by atomic mass is 16.1. The molecule has 0 fully saturated rings. The third kappa shape index (κ3) is 13.0. The largest absolute Gasteiger partial charge is 0.356 e. The molecule has 0 rings (SSSR count). The Bertz CT molecular complexity index is 196. The lowest BCUT2D eigenvalue weighted by Gasteiger charge is -2.05. The Morgan fingerprint density at radius 1 is 1.06 bits per heavy atom. The third-order valence-electron chi connectivity index (χ3n) is 2.61. The van der Waals surface area contributed by atoms with Crippen molar-refractivity contribution in [2.45, 2.75) is 51.9 Å². The summed E-state index contributed by atoms with van der Waals surface area (Å²) in [7, 11) is 0. The zero-order valence-corrected chi connectivity index (χ0v) is 11.0. The van der Waals surface area contributed by atoms with E-state index in [4.69, 9.17) is 0 Å². The summed E-state index contributed by atoms with van der Waals surface area (Å²) in [6, 6.07) is 0. The second-order valence-corrected chi connectivity index (χ2v) is 4.24. The molecule has 0 aromatic carbocycles. The van der Waals surface area contributed by atoms with Crippen LogP contribution >= 0.6 is 0 Å².